The second-order valence-corrected chi connectivity index (χ2v) is 10.4. The number of likely N-dealkylation sites (tertiary alicyclic amines) is 1. The first-order valence-electron chi connectivity index (χ1n) is 12.8. The van der Waals surface area contributed by atoms with Gasteiger partial charge in [0.05, 0.1) is 23.8 Å². The summed E-state index contributed by atoms with van der Waals surface area (Å²) in [4.78, 5) is 6.85. The van der Waals surface area contributed by atoms with E-state index in [0.717, 1.165) is 69.1 Å². The molecule has 4 rings (SSSR count). The lowest BCUT2D eigenvalue weighted by molar-refractivity contribution is 0.0233. The maximum atomic E-state index is 13.1. The molecular formula is C29H36ClFN2O3. The van der Waals surface area contributed by atoms with Crippen LogP contribution >= 0.6 is 11.6 Å². The summed E-state index contributed by atoms with van der Waals surface area (Å²) in [5.41, 5.74) is 2.43. The van der Waals surface area contributed by atoms with E-state index in [0.29, 0.717) is 22.8 Å². The van der Waals surface area contributed by atoms with Crippen molar-refractivity contribution in [2.75, 3.05) is 33.4 Å². The zero-order valence-corrected chi connectivity index (χ0v) is 21.7. The van der Waals surface area contributed by atoms with Crippen molar-refractivity contribution >= 4 is 22.5 Å². The number of piperidine rings is 1. The molecule has 0 radical (unpaired) electrons. The monoisotopic (exact) mass is 514 g/mol. The number of unbranched alkanes of at least 4 members (excludes halogenated alkanes) is 1. The zero-order valence-electron chi connectivity index (χ0n) is 20.9. The topological polar surface area (TPSA) is 65.8 Å². The normalized spacial score (nSPS) is 16.8. The summed E-state index contributed by atoms with van der Waals surface area (Å²) in [5.74, 6) is 0.501. The standard InChI is InChI=1S/C29H36ClFN2O3/c1-36-23-9-10-26-24(18-23)28(25(30)19-32-26)27(35)11-12-29(20-34)13-16-33(17-14-29)15-3-2-4-21-5-7-22(31)8-6-21/h5-10,18-19,27,34-35H,2-4,11-17,20H2,1H3/t27-/m1/s1. The number of fused-ring (bicyclic) bond motifs is 1. The molecule has 0 aliphatic carbocycles. The van der Waals surface area contributed by atoms with E-state index in [2.05, 4.69) is 9.88 Å². The molecule has 2 aromatic carbocycles. The predicted molar refractivity (Wildman–Crippen MR) is 142 cm³/mol. The Labute approximate surface area is 217 Å². The van der Waals surface area contributed by atoms with Crippen LogP contribution in [0.4, 0.5) is 4.39 Å². The number of halogens is 2. The van der Waals surface area contributed by atoms with Crippen LogP contribution < -0.4 is 4.74 Å². The summed E-state index contributed by atoms with van der Waals surface area (Å²) >= 11 is 6.47. The van der Waals surface area contributed by atoms with Gasteiger partial charge in [-0.1, -0.05) is 23.7 Å². The third kappa shape index (κ3) is 6.54. The lowest BCUT2D eigenvalue weighted by atomic mass is 9.74. The third-order valence-corrected chi connectivity index (χ3v) is 8.01. The fraction of sp³-hybridized carbons (Fsp3) is 0.483. The van der Waals surface area contributed by atoms with E-state index in [9.17, 15) is 14.6 Å². The van der Waals surface area contributed by atoms with Gasteiger partial charge in [0.2, 0.25) is 0 Å². The van der Waals surface area contributed by atoms with Gasteiger partial charge in [-0.15, -0.1) is 0 Å². The Morgan fingerprint density at radius 3 is 2.58 bits per heavy atom. The molecular weight excluding hydrogens is 479 g/mol. The molecule has 0 amide bonds. The Kier molecular flexibility index (Phi) is 9.18. The van der Waals surface area contributed by atoms with Crippen LogP contribution in [0.2, 0.25) is 5.02 Å². The van der Waals surface area contributed by atoms with E-state index in [1.54, 1.807) is 13.3 Å². The molecule has 5 nitrogen and oxygen atoms in total. The highest BCUT2D eigenvalue weighted by Gasteiger charge is 2.34. The van der Waals surface area contributed by atoms with Gasteiger partial charge in [0, 0.05) is 23.8 Å². The zero-order chi connectivity index (χ0) is 25.5. The largest absolute Gasteiger partial charge is 0.497 e. The number of aliphatic hydroxyl groups excluding tert-OH is 2. The van der Waals surface area contributed by atoms with E-state index in [4.69, 9.17) is 16.3 Å². The number of aromatic nitrogens is 1. The fourth-order valence-electron chi connectivity index (χ4n) is 5.27. The quantitative estimate of drug-likeness (QED) is 0.310. The fourth-order valence-corrected chi connectivity index (χ4v) is 5.55. The maximum absolute atomic E-state index is 13.1. The van der Waals surface area contributed by atoms with Crippen molar-refractivity contribution in [3.8, 4) is 5.75 Å². The molecule has 36 heavy (non-hydrogen) atoms. The summed E-state index contributed by atoms with van der Waals surface area (Å²) in [7, 11) is 1.61. The molecule has 7 heteroatoms. The van der Waals surface area contributed by atoms with E-state index in [1.165, 1.54) is 17.7 Å². The molecule has 1 saturated heterocycles. The van der Waals surface area contributed by atoms with Crippen molar-refractivity contribution in [2.24, 2.45) is 5.41 Å². The molecule has 194 valence electrons. The summed E-state index contributed by atoms with van der Waals surface area (Å²) in [6.07, 6.45) is 7.05. The van der Waals surface area contributed by atoms with E-state index in [-0.39, 0.29) is 17.8 Å². The first kappa shape index (κ1) is 26.8. The minimum Gasteiger partial charge on any atom is -0.497 e. The van der Waals surface area contributed by atoms with E-state index < -0.39 is 6.10 Å². The summed E-state index contributed by atoms with van der Waals surface area (Å²) in [6.45, 7) is 3.05. The molecule has 1 atom stereocenters. The number of hydrogen-bond donors (Lipinski definition) is 2. The number of rotatable bonds is 11. The minimum absolute atomic E-state index is 0.122. The number of hydrogen-bond acceptors (Lipinski definition) is 5. The van der Waals surface area contributed by atoms with Gasteiger partial charge in [0.1, 0.15) is 11.6 Å². The van der Waals surface area contributed by atoms with Gasteiger partial charge in [-0.05, 0) is 106 Å². The first-order chi connectivity index (χ1) is 17.4. The molecule has 3 aromatic rings. The van der Waals surface area contributed by atoms with Crippen LogP contribution in [0, 0.1) is 11.2 Å². The Bertz CT molecular complexity index is 1130. The van der Waals surface area contributed by atoms with E-state index >= 15 is 0 Å². The molecule has 1 aliphatic rings. The van der Waals surface area contributed by atoms with Crippen molar-refractivity contribution in [1.29, 1.82) is 0 Å². The molecule has 0 bridgehead atoms. The molecule has 2 heterocycles. The Balaban J connectivity index is 1.29. The second kappa shape index (κ2) is 12.3. The molecule has 0 unspecified atom stereocenters. The van der Waals surface area contributed by atoms with Crippen LogP contribution in [0.3, 0.4) is 0 Å². The van der Waals surface area contributed by atoms with Crippen molar-refractivity contribution < 1.29 is 19.3 Å². The molecule has 1 aromatic heterocycles. The van der Waals surface area contributed by atoms with Crippen LogP contribution in [0.15, 0.2) is 48.7 Å². The summed E-state index contributed by atoms with van der Waals surface area (Å²) in [5, 5.41) is 22.7. The van der Waals surface area contributed by atoms with Gasteiger partial charge in [0.15, 0.2) is 0 Å². The van der Waals surface area contributed by atoms with Gasteiger partial charge in [0.25, 0.3) is 0 Å². The smallest absolute Gasteiger partial charge is 0.123 e. The van der Waals surface area contributed by atoms with Gasteiger partial charge >= 0.3 is 0 Å². The van der Waals surface area contributed by atoms with Gasteiger partial charge in [-0.2, -0.15) is 0 Å². The number of ether oxygens (including phenoxy) is 1. The van der Waals surface area contributed by atoms with Crippen molar-refractivity contribution in [2.45, 2.75) is 51.0 Å². The van der Waals surface area contributed by atoms with Crippen LogP contribution in [-0.4, -0.2) is 53.4 Å². The van der Waals surface area contributed by atoms with Crippen LogP contribution in [-0.2, 0) is 6.42 Å². The average molecular weight is 515 g/mol. The Hall–Kier alpha value is -2.25. The summed E-state index contributed by atoms with van der Waals surface area (Å²) in [6, 6.07) is 12.3. The molecule has 2 N–H and O–H groups in total. The van der Waals surface area contributed by atoms with Crippen molar-refractivity contribution in [3.05, 3.63) is 70.6 Å². The number of aryl methyl sites for hydroxylation is 1. The van der Waals surface area contributed by atoms with Crippen LogP contribution in [0.5, 0.6) is 5.75 Å². The second-order valence-electron chi connectivity index (χ2n) is 10.0. The Morgan fingerprint density at radius 1 is 1.14 bits per heavy atom. The minimum atomic E-state index is -0.747. The number of pyridine rings is 1. The summed E-state index contributed by atoms with van der Waals surface area (Å²) < 4.78 is 18.4. The van der Waals surface area contributed by atoms with Gasteiger partial charge in [-0.25, -0.2) is 4.39 Å². The SMILES string of the molecule is COc1ccc2ncc(Cl)c([C@H](O)CCC3(CO)CCN(CCCCc4ccc(F)cc4)CC3)c2c1. The highest BCUT2D eigenvalue weighted by atomic mass is 35.5. The lowest BCUT2D eigenvalue weighted by Crippen LogP contribution is -2.42. The maximum Gasteiger partial charge on any atom is 0.123 e. The number of nitrogens with zero attached hydrogens (tertiary/aromatic N) is 2. The molecule has 0 saturated carbocycles. The number of aliphatic hydroxyl groups is 2. The van der Waals surface area contributed by atoms with Crippen LogP contribution in [0.25, 0.3) is 10.9 Å². The average Bonchev–Trinajstić information content (AvgIpc) is 2.91. The van der Waals surface area contributed by atoms with Crippen molar-refractivity contribution in [1.82, 2.24) is 9.88 Å². The van der Waals surface area contributed by atoms with E-state index in [1.807, 2.05) is 30.3 Å². The molecule has 0 spiro atoms. The number of benzene rings is 2. The van der Waals surface area contributed by atoms with Crippen LogP contribution in [0.1, 0.15) is 55.8 Å². The number of methoxy groups -OCH3 is 1. The highest BCUT2D eigenvalue weighted by molar-refractivity contribution is 6.32. The first-order valence-corrected chi connectivity index (χ1v) is 13.2. The molecule has 1 aliphatic heterocycles. The van der Waals surface area contributed by atoms with Gasteiger partial charge in [-0.3, -0.25) is 4.98 Å². The highest BCUT2D eigenvalue weighted by Crippen LogP contribution is 2.40. The van der Waals surface area contributed by atoms with Gasteiger partial charge < -0.3 is 19.8 Å². The molecule has 1 fully saturated rings. The Morgan fingerprint density at radius 2 is 1.89 bits per heavy atom. The lowest BCUT2D eigenvalue weighted by Gasteiger charge is -2.41. The van der Waals surface area contributed by atoms with Crippen molar-refractivity contribution in [3.63, 3.8) is 0 Å². The predicted octanol–water partition coefficient (Wildman–Crippen LogP) is 5.95. The third-order valence-electron chi connectivity index (χ3n) is 7.70.